The van der Waals surface area contributed by atoms with Gasteiger partial charge < -0.3 is 24.7 Å². The van der Waals surface area contributed by atoms with Crippen molar-refractivity contribution in [1.82, 2.24) is 18.8 Å². The molecule has 0 radical (unpaired) electrons. The van der Waals surface area contributed by atoms with Gasteiger partial charge in [0.25, 0.3) is 0 Å². The summed E-state index contributed by atoms with van der Waals surface area (Å²) in [5.74, 6) is 0.198. The number of nitrogens with two attached hydrogens (primary N) is 1. The average molecular weight is 561 g/mol. The molecule has 4 rings (SSSR count). The van der Waals surface area contributed by atoms with E-state index in [1.54, 1.807) is 30.5 Å². The van der Waals surface area contributed by atoms with E-state index in [0.717, 1.165) is 11.1 Å². The van der Waals surface area contributed by atoms with E-state index in [1.165, 1.54) is 4.68 Å². The Hall–Kier alpha value is -2.80. The topological polar surface area (TPSA) is 121 Å². The van der Waals surface area contributed by atoms with Crippen LogP contribution < -0.4 is 25.7 Å². The van der Waals surface area contributed by atoms with Crippen LogP contribution >= 0.6 is 11.6 Å². The molecule has 1 unspecified atom stereocenters. The predicted octanol–water partition coefficient (Wildman–Crippen LogP) is 2.68. The van der Waals surface area contributed by atoms with Crippen LogP contribution in [0.3, 0.4) is 0 Å². The van der Waals surface area contributed by atoms with Crippen molar-refractivity contribution in [2.24, 2.45) is 0 Å². The Morgan fingerprint density at radius 3 is 2.66 bits per heavy atom. The zero-order valence-corrected chi connectivity index (χ0v) is 23.1. The summed E-state index contributed by atoms with van der Waals surface area (Å²) in [6.45, 7) is 7.62. The zero-order chi connectivity index (χ0) is 27.1. The van der Waals surface area contributed by atoms with Crippen LogP contribution in [0.15, 0.2) is 53.5 Å². The molecule has 0 amide bonds. The van der Waals surface area contributed by atoms with Crippen molar-refractivity contribution in [2.45, 2.75) is 20.4 Å². The van der Waals surface area contributed by atoms with E-state index in [-0.39, 0.29) is 17.9 Å². The van der Waals surface area contributed by atoms with Crippen LogP contribution in [0, 0.1) is 6.92 Å². The molecule has 204 valence electrons. The van der Waals surface area contributed by atoms with Crippen LogP contribution in [0.5, 0.6) is 5.75 Å². The van der Waals surface area contributed by atoms with Gasteiger partial charge in [0.05, 0.1) is 38.1 Å². The first-order valence-corrected chi connectivity index (χ1v) is 13.9. The fourth-order valence-corrected chi connectivity index (χ4v) is 5.21. The summed E-state index contributed by atoms with van der Waals surface area (Å²) in [5.41, 5.74) is 9.45. The smallest absolute Gasteiger partial charge is 0.316 e. The van der Waals surface area contributed by atoms with Crippen LogP contribution in [-0.4, -0.2) is 64.6 Å². The molecule has 0 aliphatic carbocycles. The van der Waals surface area contributed by atoms with Gasteiger partial charge >= 0.3 is 5.56 Å². The van der Waals surface area contributed by atoms with Gasteiger partial charge in [0, 0.05) is 30.4 Å². The van der Waals surface area contributed by atoms with Crippen LogP contribution in [0.4, 0.5) is 11.4 Å². The Balaban J connectivity index is 1.44. The number of ether oxygens (including phenoxy) is 2. The number of hydrogen-bond donors (Lipinski definition) is 2. The minimum Gasteiger partial charge on any atom is -0.579 e. The predicted molar refractivity (Wildman–Crippen MR) is 151 cm³/mol. The standard InChI is InChI=1S/C26H33ClN6O4S/c1-3-36-13-14-37-25-24(18-29-33(26(25)34)22-6-4-5-21(27)16-22)31-9-11-32(12-10-31)38(35)30-17-20-8-7-19(2)23(28)15-20/h4-8,15-16,18,30H,3,9-14,17,28H2,1-2H3. The molecule has 0 bridgehead atoms. The summed E-state index contributed by atoms with van der Waals surface area (Å²) in [7, 11) is 0. The van der Waals surface area contributed by atoms with Gasteiger partial charge in [0.2, 0.25) is 5.75 Å². The maximum absolute atomic E-state index is 13.4. The Morgan fingerprint density at radius 1 is 1.16 bits per heavy atom. The third-order valence-electron chi connectivity index (χ3n) is 6.20. The molecule has 1 aliphatic heterocycles. The Labute approximate surface area is 230 Å². The van der Waals surface area contributed by atoms with Crippen LogP contribution in [0.25, 0.3) is 5.69 Å². The number of aryl methyl sites for hydroxylation is 1. The van der Waals surface area contributed by atoms with Crippen molar-refractivity contribution < 1.29 is 14.0 Å². The van der Waals surface area contributed by atoms with Crippen molar-refractivity contribution in [3.63, 3.8) is 0 Å². The molecule has 10 nitrogen and oxygen atoms in total. The van der Waals surface area contributed by atoms with E-state index in [2.05, 4.69) is 9.82 Å². The highest BCUT2D eigenvalue weighted by molar-refractivity contribution is 7.87. The van der Waals surface area contributed by atoms with Gasteiger partial charge in [0.1, 0.15) is 23.8 Å². The largest absolute Gasteiger partial charge is 0.579 e. The number of hydrogen-bond acceptors (Lipinski definition) is 9. The van der Waals surface area contributed by atoms with Crippen molar-refractivity contribution in [3.05, 3.63) is 75.2 Å². The van der Waals surface area contributed by atoms with Crippen LogP contribution in [0.1, 0.15) is 18.1 Å². The Kier molecular flexibility index (Phi) is 9.89. The summed E-state index contributed by atoms with van der Waals surface area (Å²) >= 11 is 4.76. The van der Waals surface area contributed by atoms with Crippen molar-refractivity contribution in [2.75, 3.05) is 56.6 Å². The number of aromatic nitrogens is 2. The van der Waals surface area contributed by atoms with E-state index in [9.17, 15) is 9.35 Å². The molecule has 12 heteroatoms. The third-order valence-corrected chi connectivity index (χ3v) is 7.66. The van der Waals surface area contributed by atoms with Gasteiger partial charge in [-0.25, -0.2) is 0 Å². The van der Waals surface area contributed by atoms with Gasteiger partial charge in [-0.15, -0.1) is 9.03 Å². The number of nitrogen functional groups attached to an aromatic ring is 1. The maximum atomic E-state index is 13.4. The summed E-state index contributed by atoms with van der Waals surface area (Å²) < 4.78 is 30.4. The van der Waals surface area contributed by atoms with Crippen LogP contribution in [0.2, 0.25) is 5.02 Å². The van der Waals surface area contributed by atoms with E-state index < -0.39 is 11.5 Å². The van der Waals surface area contributed by atoms with Gasteiger partial charge in [-0.3, -0.25) is 4.79 Å². The SMILES string of the molecule is CCOCCOc1c(N2CCN([S+]([O-])NCc3ccc(C)c(N)c3)CC2)cnn(-c2cccc(Cl)c2)c1=O. The lowest BCUT2D eigenvalue weighted by atomic mass is 10.1. The second-order valence-corrected chi connectivity index (χ2v) is 10.5. The van der Waals surface area contributed by atoms with Crippen LogP contribution in [-0.2, 0) is 22.8 Å². The average Bonchev–Trinajstić information content (AvgIpc) is 2.92. The molecule has 0 spiro atoms. The third kappa shape index (κ3) is 6.99. The number of rotatable bonds is 11. The molecule has 1 saturated heterocycles. The van der Waals surface area contributed by atoms with Gasteiger partial charge in [-0.05, 0) is 49.2 Å². The molecule has 2 heterocycles. The fraction of sp³-hybridized carbons (Fsp3) is 0.385. The van der Waals surface area contributed by atoms with E-state index in [1.807, 2.05) is 41.3 Å². The number of halogens is 1. The lowest BCUT2D eigenvalue weighted by Crippen LogP contribution is -2.52. The van der Waals surface area contributed by atoms with E-state index >= 15 is 0 Å². The molecule has 1 aliphatic rings. The zero-order valence-electron chi connectivity index (χ0n) is 21.6. The lowest BCUT2D eigenvalue weighted by Gasteiger charge is -2.35. The molecule has 1 aromatic heterocycles. The van der Waals surface area contributed by atoms with Crippen molar-refractivity contribution >= 4 is 34.5 Å². The molecular formula is C26H33ClN6O4S. The van der Waals surface area contributed by atoms with E-state index in [0.29, 0.717) is 68.0 Å². The minimum atomic E-state index is -1.36. The maximum Gasteiger partial charge on any atom is 0.316 e. The number of benzene rings is 2. The molecular weight excluding hydrogens is 528 g/mol. The first-order valence-electron chi connectivity index (χ1n) is 12.5. The normalized spacial score (nSPS) is 15.0. The fourth-order valence-electron chi connectivity index (χ4n) is 4.06. The summed E-state index contributed by atoms with van der Waals surface area (Å²) in [4.78, 5) is 15.5. The number of anilines is 2. The van der Waals surface area contributed by atoms with E-state index in [4.69, 9.17) is 26.8 Å². The lowest BCUT2D eigenvalue weighted by molar-refractivity contribution is 0.109. The molecule has 3 aromatic rings. The van der Waals surface area contributed by atoms with Gasteiger partial charge in [-0.1, -0.05) is 29.8 Å². The summed E-state index contributed by atoms with van der Waals surface area (Å²) in [5, 5.41) is 4.90. The van der Waals surface area contributed by atoms with Gasteiger partial charge in [0.15, 0.2) is 0 Å². The van der Waals surface area contributed by atoms with Crippen molar-refractivity contribution in [1.29, 1.82) is 0 Å². The first kappa shape index (κ1) is 28.2. The molecule has 38 heavy (non-hydrogen) atoms. The molecule has 2 aromatic carbocycles. The number of nitrogens with zero attached hydrogens (tertiary/aromatic N) is 4. The molecule has 3 N–H and O–H groups in total. The second-order valence-electron chi connectivity index (χ2n) is 8.78. The second kappa shape index (κ2) is 13.3. The quantitative estimate of drug-likeness (QED) is 0.207. The number of piperazine rings is 1. The minimum absolute atomic E-state index is 0.198. The highest BCUT2D eigenvalue weighted by Gasteiger charge is 2.29. The molecule has 0 saturated carbocycles. The highest BCUT2D eigenvalue weighted by atomic mass is 35.5. The summed E-state index contributed by atoms with van der Waals surface area (Å²) in [6, 6.07) is 12.7. The Bertz CT molecular complexity index is 1280. The Morgan fingerprint density at radius 2 is 1.95 bits per heavy atom. The highest BCUT2D eigenvalue weighted by Crippen LogP contribution is 2.26. The number of nitrogens with one attached hydrogen (secondary N) is 1. The van der Waals surface area contributed by atoms with Crippen molar-refractivity contribution in [3.8, 4) is 11.4 Å². The molecule has 1 fully saturated rings. The van der Waals surface area contributed by atoms with Gasteiger partial charge in [-0.2, -0.15) is 9.78 Å². The summed E-state index contributed by atoms with van der Waals surface area (Å²) in [6.07, 6.45) is 1.63. The monoisotopic (exact) mass is 560 g/mol. The molecule has 1 atom stereocenters. The first-order chi connectivity index (χ1) is 18.4.